The molecule has 0 aliphatic carbocycles. The quantitative estimate of drug-likeness (QED) is 0.767. The predicted octanol–water partition coefficient (Wildman–Crippen LogP) is 3.25. The third-order valence-corrected chi connectivity index (χ3v) is 4.49. The Balaban J connectivity index is 1.72. The Hall–Kier alpha value is -3.39. The Kier molecular flexibility index (Phi) is 6.91. The number of alkyl carbamates (subject to hydrolysis) is 1. The highest BCUT2D eigenvalue weighted by Gasteiger charge is 2.26. The van der Waals surface area contributed by atoms with Crippen LogP contribution < -0.4 is 15.5 Å². The average Bonchev–Trinajstić information content (AvgIpc) is 2.72. The minimum atomic E-state index is -0.934. The van der Waals surface area contributed by atoms with Gasteiger partial charge in [-0.15, -0.1) is 0 Å². The molecule has 1 aliphatic heterocycles. The molecule has 8 nitrogen and oxygen atoms in total. The lowest BCUT2D eigenvalue weighted by Crippen LogP contribution is -2.41. The number of ether oxygens (including phenoxy) is 2. The lowest BCUT2D eigenvalue weighted by atomic mass is 10.1. The molecule has 164 valence electrons. The van der Waals surface area contributed by atoms with Crippen LogP contribution in [0.1, 0.15) is 32.4 Å². The van der Waals surface area contributed by atoms with Gasteiger partial charge >= 0.3 is 6.09 Å². The number of nitrogens with one attached hydrogen (secondary N) is 2. The molecule has 2 aromatic carbocycles. The first-order valence-electron chi connectivity index (χ1n) is 10.1. The molecular weight excluding hydrogens is 398 g/mol. The van der Waals surface area contributed by atoms with Crippen molar-refractivity contribution < 1.29 is 23.9 Å². The molecule has 2 N–H and O–H groups in total. The van der Waals surface area contributed by atoms with Gasteiger partial charge < -0.3 is 25.0 Å². The highest BCUT2D eigenvalue weighted by Crippen LogP contribution is 2.22. The van der Waals surface area contributed by atoms with Crippen molar-refractivity contribution in [1.82, 2.24) is 5.32 Å². The topological polar surface area (TPSA) is 97.0 Å². The maximum absolute atomic E-state index is 13.0. The van der Waals surface area contributed by atoms with E-state index in [1.807, 2.05) is 6.07 Å². The van der Waals surface area contributed by atoms with Crippen LogP contribution in [-0.2, 0) is 19.1 Å². The van der Waals surface area contributed by atoms with Gasteiger partial charge in [0.05, 0.1) is 6.61 Å². The maximum Gasteiger partial charge on any atom is 0.408 e. The lowest BCUT2D eigenvalue weighted by Gasteiger charge is -2.27. The first-order chi connectivity index (χ1) is 14.7. The molecule has 8 heteroatoms. The average molecular weight is 425 g/mol. The minimum Gasteiger partial charge on any atom is -0.444 e. The summed E-state index contributed by atoms with van der Waals surface area (Å²) in [7, 11) is 0. The molecule has 3 rings (SSSR count). The van der Waals surface area contributed by atoms with Crippen LogP contribution in [0.5, 0.6) is 0 Å². The van der Waals surface area contributed by atoms with E-state index in [1.165, 1.54) is 0 Å². The van der Waals surface area contributed by atoms with E-state index in [0.717, 1.165) is 5.69 Å². The molecule has 0 aromatic heterocycles. The second-order valence-corrected chi connectivity index (χ2v) is 8.12. The van der Waals surface area contributed by atoms with Gasteiger partial charge in [-0.25, -0.2) is 4.79 Å². The van der Waals surface area contributed by atoms with Crippen LogP contribution in [0, 0.1) is 0 Å². The zero-order valence-corrected chi connectivity index (χ0v) is 17.9. The SMILES string of the molecule is CC(C)(C)OC(=O)N[C@@H](C(=O)Nc1ccc(N2CCOCC2=O)cc1)c1ccccc1. The Bertz CT molecular complexity index is 922. The number of hydrogen-bond acceptors (Lipinski definition) is 5. The van der Waals surface area contributed by atoms with Gasteiger partial charge in [0.1, 0.15) is 18.2 Å². The van der Waals surface area contributed by atoms with Crippen molar-refractivity contribution in [3.63, 3.8) is 0 Å². The largest absolute Gasteiger partial charge is 0.444 e. The fraction of sp³-hybridized carbons (Fsp3) is 0.348. The van der Waals surface area contributed by atoms with Crippen LogP contribution in [0.4, 0.5) is 16.2 Å². The van der Waals surface area contributed by atoms with E-state index in [4.69, 9.17) is 9.47 Å². The molecule has 1 aliphatic rings. The first kappa shape index (κ1) is 22.3. The normalized spacial score (nSPS) is 15.2. The zero-order chi connectivity index (χ0) is 22.4. The summed E-state index contributed by atoms with van der Waals surface area (Å²) in [4.78, 5) is 38.9. The van der Waals surface area contributed by atoms with E-state index in [0.29, 0.717) is 24.4 Å². The molecule has 3 amide bonds. The second kappa shape index (κ2) is 9.61. The van der Waals surface area contributed by atoms with Gasteiger partial charge in [0.2, 0.25) is 0 Å². The van der Waals surface area contributed by atoms with Crippen molar-refractivity contribution in [2.24, 2.45) is 0 Å². The molecule has 0 bridgehead atoms. The van der Waals surface area contributed by atoms with Gasteiger partial charge in [-0.1, -0.05) is 30.3 Å². The molecular formula is C23H27N3O5. The lowest BCUT2D eigenvalue weighted by molar-refractivity contribution is -0.125. The van der Waals surface area contributed by atoms with E-state index >= 15 is 0 Å². The van der Waals surface area contributed by atoms with Crippen LogP contribution in [0.25, 0.3) is 0 Å². The molecule has 2 aromatic rings. The number of hydrogen-bond donors (Lipinski definition) is 2. The standard InChI is InChI=1S/C23H27N3O5/c1-23(2,3)31-22(29)25-20(16-7-5-4-6-8-16)21(28)24-17-9-11-18(12-10-17)26-13-14-30-15-19(26)27/h4-12,20H,13-15H2,1-3H3,(H,24,28)(H,25,29)/t20-/m1/s1. The summed E-state index contributed by atoms with van der Waals surface area (Å²) in [5, 5.41) is 5.45. The number of carbonyl (C=O) groups excluding carboxylic acids is 3. The number of carbonyl (C=O) groups is 3. The first-order valence-corrected chi connectivity index (χ1v) is 10.1. The van der Waals surface area contributed by atoms with E-state index in [9.17, 15) is 14.4 Å². The van der Waals surface area contributed by atoms with Crippen molar-refractivity contribution >= 4 is 29.3 Å². The molecule has 0 saturated carbocycles. The van der Waals surface area contributed by atoms with Crippen molar-refractivity contribution in [2.45, 2.75) is 32.4 Å². The van der Waals surface area contributed by atoms with Gasteiger partial charge in [-0.2, -0.15) is 0 Å². The Morgan fingerprint density at radius 1 is 1.06 bits per heavy atom. The Morgan fingerprint density at radius 3 is 2.35 bits per heavy atom. The van der Waals surface area contributed by atoms with Crippen LogP contribution in [0.3, 0.4) is 0 Å². The van der Waals surface area contributed by atoms with Gasteiger partial charge in [-0.05, 0) is 50.6 Å². The summed E-state index contributed by atoms with van der Waals surface area (Å²) in [5.74, 6) is -0.513. The predicted molar refractivity (Wildman–Crippen MR) is 117 cm³/mol. The van der Waals surface area contributed by atoms with E-state index in [-0.39, 0.29) is 12.5 Å². The summed E-state index contributed by atoms with van der Waals surface area (Å²) in [6.07, 6.45) is -0.683. The van der Waals surface area contributed by atoms with Gasteiger partial charge in [0, 0.05) is 17.9 Å². The summed E-state index contributed by atoms with van der Waals surface area (Å²) < 4.78 is 10.5. The molecule has 1 heterocycles. The highest BCUT2D eigenvalue weighted by atomic mass is 16.6. The molecule has 0 radical (unpaired) electrons. The molecule has 0 spiro atoms. The van der Waals surface area contributed by atoms with Crippen LogP contribution in [0.2, 0.25) is 0 Å². The third kappa shape index (κ3) is 6.29. The van der Waals surface area contributed by atoms with E-state index in [1.54, 1.807) is 74.2 Å². The van der Waals surface area contributed by atoms with Gasteiger partial charge in [0.25, 0.3) is 11.8 Å². The van der Waals surface area contributed by atoms with Gasteiger partial charge in [0.15, 0.2) is 0 Å². The van der Waals surface area contributed by atoms with E-state index in [2.05, 4.69) is 10.6 Å². The number of morpholine rings is 1. The molecule has 31 heavy (non-hydrogen) atoms. The molecule has 1 saturated heterocycles. The molecule has 1 fully saturated rings. The number of benzene rings is 2. The van der Waals surface area contributed by atoms with Crippen molar-refractivity contribution in [1.29, 1.82) is 0 Å². The number of anilines is 2. The minimum absolute atomic E-state index is 0.0631. The monoisotopic (exact) mass is 425 g/mol. The second-order valence-electron chi connectivity index (χ2n) is 8.12. The van der Waals surface area contributed by atoms with Crippen LogP contribution >= 0.6 is 0 Å². The fourth-order valence-electron chi connectivity index (χ4n) is 3.10. The number of rotatable bonds is 5. The Labute approximate surface area is 181 Å². The zero-order valence-electron chi connectivity index (χ0n) is 17.9. The summed E-state index contributed by atoms with van der Waals surface area (Å²) in [6.45, 7) is 6.30. The smallest absolute Gasteiger partial charge is 0.408 e. The van der Waals surface area contributed by atoms with Crippen molar-refractivity contribution in [3.8, 4) is 0 Å². The summed E-state index contributed by atoms with van der Waals surface area (Å²) >= 11 is 0. The fourth-order valence-corrected chi connectivity index (χ4v) is 3.10. The van der Waals surface area contributed by atoms with Crippen molar-refractivity contribution in [2.75, 3.05) is 30.0 Å². The number of amides is 3. The maximum atomic E-state index is 13.0. The molecule has 0 unspecified atom stereocenters. The highest BCUT2D eigenvalue weighted by molar-refractivity contribution is 5.98. The van der Waals surface area contributed by atoms with Gasteiger partial charge in [-0.3, -0.25) is 9.59 Å². The third-order valence-electron chi connectivity index (χ3n) is 4.49. The number of nitrogens with zero attached hydrogens (tertiary/aromatic N) is 1. The Morgan fingerprint density at radius 2 is 1.74 bits per heavy atom. The van der Waals surface area contributed by atoms with E-state index < -0.39 is 23.6 Å². The molecule has 1 atom stereocenters. The van der Waals surface area contributed by atoms with Crippen molar-refractivity contribution in [3.05, 3.63) is 60.2 Å². The summed E-state index contributed by atoms with van der Waals surface area (Å²) in [5.41, 5.74) is 1.22. The summed E-state index contributed by atoms with van der Waals surface area (Å²) in [6, 6.07) is 14.9. The van der Waals surface area contributed by atoms with Crippen LogP contribution in [-0.4, -0.2) is 43.3 Å². The van der Waals surface area contributed by atoms with Crippen LogP contribution in [0.15, 0.2) is 54.6 Å².